The molecule has 2 fully saturated rings. The molecule has 4 atom stereocenters. The van der Waals surface area contributed by atoms with Crippen molar-refractivity contribution in [3.63, 3.8) is 0 Å². The summed E-state index contributed by atoms with van der Waals surface area (Å²) in [5.74, 6) is -3.42. The van der Waals surface area contributed by atoms with Gasteiger partial charge in [-0.05, 0) is 54.5 Å². The summed E-state index contributed by atoms with van der Waals surface area (Å²) in [5.41, 5.74) is 2.12. The lowest BCUT2D eigenvalue weighted by Crippen LogP contribution is -2.46. The zero-order valence-corrected chi connectivity index (χ0v) is 20.1. The zero-order valence-electron chi connectivity index (χ0n) is 20.1. The van der Waals surface area contributed by atoms with Crippen LogP contribution in [0.5, 0.6) is 0 Å². The minimum absolute atomic E-state index is 0.0432. The van der Waals surface area contributed by atoms with Crippen LogP contribution in [-0.4, -0.2) is 28.7 Å². The molecule has 3 aliphatic rings. The Bertz CT molecular complexity index is 1500. The predicted molar refractivity (Wildman–Crippen MR) is 135 cm³/mol. The lowest BCUT2D eigenvalue weighted by Gasteiger charge is -2.35. The van der Waals surface area contributed by atoms with Gasteiger partial charge in [-0.3, -0.25) is 14.4 Å². The SMILES string of the molecule is Cc1ccc(N2C(=O)C3C(C2=O)C2c4ccccc4C=CN2C3C(=O)Nc2cccc(C(F)(F)F)c2)cc1. The first kappa shape index (κ1) is 24.0. The van der Waals surface area contributed by atoms with Crippen LogP contribution in [0.1, 0.15) is 28.3 Å². The monoisotopic (exact) mass is 517 g/mol. The van der Waals surface area contributed by atoms with Gasteiger partial charge in [0.1, 0.15) is 6.04 Å². The Labute approximate surface area is 216 Å². The van der Waals surface area contributed by atoms with E-state index < -0.39 is 53.4 Å². The van der Waals surface area contributed by atoms with Crippen molar-refractivity contribution in [2.75, 3.05) is 10.2 Å². The van der Waals surface area contributed by atoms with E-state index in [1.807, 2.05) is 37.3 Å². The van der Waals surface area contributed by atoms with Gasteiger partial charge in [0.2, 0.25) is 17.7 Å². The average molecular weight is 518 g/mol. The van der Waals surface area contributed by atoms with Gasteiger partial charge in [-0.1, -0.05) is 48.0 Å². The maximum absolute atomic E-state index is 13.8. The van der Waals surface area contributed by atoms with Crippen LogP contribution in [0.2, 0.25) is 0 Å². The molecule has 192 valence electrons. The summed E-state index contributed by atoms with van der Waals surface area (Å²) in [5, 5.41) is 2.57. The Morgan fingerprint density at radius 2 is 1.61 bits per heavy atom. The largest absolute Gasteiger partial charge is 0.416 e. The molecule has 6 rings (SSSR count). The van der Waals surface area contributed by atoms with Gasteiger partial charge in [0, 0.05) is 11.9 Å². The fourth-order valence-electron chi connectivity index (χ4n) is 5.79. The van der Waals surface area contributed by atoms with Gasteiger partial charge in [0.25, 0.3) is 0 Å². The number of rotatable bonds is 3. The molecule has 3 heterocycles. The Balaban J connectivity index is 1.41. The van der Waals surface area contributed by atoms with E-state index in [9.17, 15) is 27.6 Å². The number of carbonyl (C=O) groups excluding carboxylic acids is 3. The minimum atomic E-state index is -4.58. The second-order valence-corrected chi connectivity index (χ2v) is 9.75. The summed E-state index contributed by atoms with van der Waals surface area (Å²) in [6.07, 6.45) is -1.07. The van der Waals surface area contributed by atoms with Crippen molar-refractivity contribution in [1.29, 1.82) is 0 Å². The maximum Gasteiger partial charge on any atom is 0.416 e. The summed E-state index contributed by atoms with van der Waals surface area (Å²) < 4.78 is 39.8. The van der Waals surface area contributed by atoms with E-state index in [4.69, 9.17) is 0 Å². The summed E-state index contributed by atoms with van der Waals surface area (Å²) in [6, 6.07) is 17.1. The van der Waals surface area contributed by atoms with Gasteiger partial charge in [-0.15, -0.1) is 0 Å². The molecule has 3 aliphatic heterocycles. The molecular weight excluding hydrogens is 495 g/mol. The van der Waals surface area contributed by atoms with Gasteiger partial charge in [-0.25, -0.2) is 4.90 Å². The lowest BCUT2D eigenvalue weighted by molar-refractivity contribution is -0.137. The second kappa shape index (κ2) is 8.58. The van der Waals surface area contributed by atoms with Crippen LogP contribution in [0.15, 0.2) is 79.0 Å². The number of anilines is 2. The molecule has 4 unspecified atom stereocenters. The molecule has 0 aliphatic carbocycles. The molecule has 2 saturated heterocycles. The first-order chi connectivity index (χ1) is 18.1. The van der Waals surface area contributed by atoms with Gasteiger partial charge < -0.3 is 10.2 Å². The quantitative estimate of drug-likeness (QED) is 0.487. The molecule has 3 aromatic rings. The van der Waals surface area contributed by atoms with Crippen molar-refractivity contribution in [2.45, 2.75) is 25.2 Å². The number of carbonyl (C=O) groups is 3. The topological polar surface area (TPSA) is 69.7 Å². The highest BCUT2D eigenvalue weighted by Gasteiger charge is 2.64. The first-order valence-electron chi connectivity index (χ1n) is 12.1. The van der Waals surface area contributed by atoms with Crippen molar-refractivity contribution in [3.05, 3.63) is 101 Å². The van der Waals surface area contributed by atoms with Gasteiger partial charge in [-0.2, -0.15) is 13.2 Å². The Morgan fingerprint density at radius 1 is 0.895 bits per heavy atom. The third-order valence-corrected chi connectivity index (χ3v) is 7.48. The average Bonchev–Trinajstić information content (AvgIpc) is 3.37. The highest BCUT2D eigenvalue weighted by Crippen LogP contribution is 2.53. The minimum Gasteiger partial charge on any atom is -0.357 e. The standard InChI is InChI=1S/C29H22F3N3O3/c1-16-9-11-20(12-10-16)35-27(37)22-23(28(35)38)25(34-14-13-17-5-2-3-8-21(17)24(22)34)26(36)33-19-7-4-6-18(15-19)29(30,31)32/h2-15,22-25H,1H3,(H,33,36). The number of nitrogens with one attached hydrogen (secondary N) is 1. The molecule has 0 bridgehead atoms. The van der Waals surface area contributed by atoms with Gasteiger partial charge >= 0.3 is 6.18 Å². The normalized spacial score (nSPS) is 23.8. The number of alkyl halides is 3. The number of imide groups is 1. The van der Waals surface area contributed by atoms with E-state index in [0.717, 1.165) is 33.7 Å². The predicted octanol–water partition coefficient (Wildman–Crippen LogP) is 5.17. The van der Waals surface area contributed by atoms with Crippen molar-refractivity contribution in [3.8, 4) is 0 Å². The molecule has 0 aromatic heterocycles. The molecule has 0 saturated carbocycles. The molecule has 38 heavy (non-hydrogen) atoms. The third-order valence-electron chi connectivity index (χ3n) is 7.48. The number of fused-ring (bicyclic) bond motifs is 5. The fourth-order valence-corrected chi connectivity index (χ4v) is 5.79. The molecular formula is C29H22F3N3O3. The van der Waals surface area contributed by atoms with E-state index in [1.165, 1.54) is 12.1 Å². The Hall–Kier alpha value is -4.40. The number of halogens is 3. The van der Waals surface area contributed by atoms with Crippen LogP contribution in [0.25, 0.3) is 6.08 Å². The summed E-state index contributed by atoms with van der Waals surface area (Å²) in [4.78, 5) is 44.2. The van der Waals surface area contributed by atoms with E-state index in [2.05, 4.69) is 5.32 Å². The van der Waals surface area contributed by atoms with E-state index in [-0.39, 0.29) is 5.69 Å². The van der Waals surface area contributed by atoms with Crippen molar-refractivity contribution in [2.24, 2.45) is 11.8 Å². The van der Waals surface area contributed by atoms with Crippen LogP contribution in [0, 0.1) is 18.8 Å². The molecule has 3 aromatic carbocycles. The summed E-state index contributed by atoms with van der Waals surface area (Å²) >= 11 is 0. The van der Waals surface area contributed by atoms with E-state index in [0.29, 0.717) is 5.69 Å². The van der Waals surface area contributed by atoms with Crippen molar-refractivity contribution in [1.82, 2.24) is 4.90 Å². The number of amides is 3. The summed E-state index contributed by atoms with van der Waals surface area (Å²) in [7, 11) is 0. The zero-order chi connectivity index (χ0) is 26.8. The van der Waals surface area contributed by atoms with E-state index >= 15 is 0 Å². The fraction of sp³-hybridized carbons (Fsp3) is 0.207. The van der Waals surface area contributed by atoms with Crippen molar-refractivity contribution >= 4 is 35.2 Å². The van der Waals surface area contributed by atoms with Crippen LogP contribution in [-0.2, 0) is 20.6 Å². The van der Waals surface area contributed by atoms with Crippen LogP contribution in [0.4, 0.5) is 24.5 Å². The number of nitrogens with zero attached hydrogens (tertiary/aromatic N) is 2. The first-order valence-corrected chi connectivity index (χ1v) is 12.1. The smallest absolute Gasteiger partial charge is 0.357 e. The highest BCUT2D eigenvalue weighted by atomic mass is 19.4. The molecule has 0 spiro atoms. The maximum atomic E-state index is 13.8. The number of hydrogen-bond donors (Lipinski definition) is 1. The van der Waals surface area contributed by atoms with Crippen LogP contribution < -0.4 is 10.2 Å². The van der Waals surface area contributed by atoms with Crippen LogP contribution >= 0.6 is 0 Å². The summed E-state index contributed by atoms with van der Waals surface area (Å²) in [6.45, 7) is 1.89. The second-order valence-electron chi connectivity index (χ2n) is 9.75. The van der Waals surface area contributed by atoms with Crippen LogP contribution in [0.3, 0.4) is 0 Å². The number of hydrogen-bond acceptors (Lipinski definition) is 4. The Kier molecular flexibility index (Phi) is 5.41. The molecule has 9 heteroatoms. The lowest BCUT2D eigenvalue weighted by atomic mass is 9.84. The molecule has 1 N–H and O–H groups in total. The molecule has 0 radical (unpaired) electrons. The molecule has 6 nitrogen and oxygen atoms in total. The van der Waals surface area contributed by atoms with Crippen molar-refractivity contribution < 1.29 is 27.6 Å². The molecule has 3 amide bonds. The Morgan fingerprint density at radius 3 is 2.34 bits per heavy atom. The number of benzene rings is 3. The van der Waals surface area contributed by atoms with Gasteiger partial charge in [0.15, 0.2) is 0 Å². The highest BCUT2D eigenvalue weighted by molar-refractivity contribution is 6.24. The third kappa shape index (κ3) is 3.69. The van der Waals surface area contributed by atoms with Gasteiger partial charge in [0.05, 0.1) is 29.1 Å². The number of aryl methyl sites for hydroxylation is 1. The van der Waals surface area contributed by atoms with E-state index in [1.54, 1.807) is 35.4 Å².